The second kappa shape index (κ2) is 8.90. The van der Waals surface area contributed by atoms with E-state index in [0.717, 1.165) is 0 Å². The van der Waals surface area contributed by atoms with E-state index in [1.54, 1.807) is 0 Å². The summed E-state index contributed by atoms with van der Waals surface area (Å²) in [6.45, 7) is 0. The van der Waals surface area contributed by atoms with Gasteiger partial charge in [-0.2, -0.15) is 8.42 Å². The topological polar surface area (TPSA) is 147 Å². The molecule has 0 aliphatic rings. The predicted octanol–water partition coefficient (Wildman–Crippen LogP) is -9.00. The van der Waals surface area contributed by atoms with E-state index in [4.69, 9.17) is 4.55 Å². The van der Waals surface area contributed by atoms with Gasteiger partial charge in [0.25, 0.3) is 10.1 Å². The number of carbonyl (C=O) groups excluding carboxylic acids is 2. The Labute approximate surface area is 130 Å². The summed E-state index contributed by atoms with van der Waals surface area (Å²) < 4.78 is 29.0. The Morgan fingerprint density at radius 1 is 1.33 bits per heavy atom. The standard InChI is InChI=1S/C4H6NO7S.2Na/c6-3(7)1-2(4(8)5-9)13(10,11)12;;/h2H,1H2,(H3-,5,6,7,8,9,10,11,12);;/q-1;2*+1/p-1. The van der Waals surface area contributed by atoms with Crippen LogP contribution < -0.4 is 69.7 Å². The minimum Gasteiger partial charge on any atom is -0.759 e. The zero-order valence-corrected chi connectivity index (χ0v) is 12.9. The molecule has 0 aliphatic carbocycles. The summed E-state index contributed by atoms with van der Waals surface area (Å²) in [4.78, 5) is 20.3. The van der Waals surface area contributed by atoms with Crippen LogP contribution in [0.2, 0.25) is 0 Å². The van der Waals surface area contributed by atoms with Crippen molar-refractivity contribution >= 4 is 22.0 Å². The van der Waals surface area contributed by atoms with Gasteiger partial charge in [0.2, 0.25) is 5.91 Å². The van der Waals surface area contributed by atoms with Gasteiger partial charge in [0.15, 0.2) is 5.25 Å². The average molecular weight is 257 g/mol. The summed E-state index contributed by atoms with van der Waals surface area (Å²) >= 11 is 0. The van der Waals surface area contributed by atoms with Gasteiger partial charge in [0.1, 0.15) is 0 Å². The fourth-order valence-electron chi connectivity index (χ4n) is 0.550. The van der Waals surface area contributed by atoms with E-state index in [1.165, 1.54) is 0 Å². The first-order chi connectivity index (χ1) is 5.79. The second-order valence-corrected chi connectivity index (χ2v) is 3.65. The summed E-state index contributed by atoms with van der Waals surface area (Å²) in [6.07, 6.45) is -1.27. The molecule has 0 aliphatic heterocycles. The maximum atomic E-state index is 10.4. The number of amides is 1. The Kier molecular flexibility index (Phi) is 12.5. The largest absolute Gasteiger partial charge is 1.00 e. The van der Waals surface area contributed by atoms with Crippen LogP contribution in [0.25, 0.3) is 0 Å². The monoisotopic (exact) mass is 257 g/mol. The number of hydroxylamine groups is 1. The zero-order valence-electron chi connectivity index (χ0n) is 8.09. The van der Waals surface area contributed by atoms with Crippen molar-refractivity contribution < 1.29 is 86.8 Å². The van der Waals surface area contributed by atoms with Crippen LogP contribution in [0.4, 0.5) is 0 Å². The smallest absolute Gasteiger partial charge is 0.759 e. The number of aliphatic carboxylic acids is 1. The van der Waals surface area contributed by atoms with Crippen molar-refractivity contribution in [3.63, 3.8) is 0 Å². The third-order valence-corrected chi connectivity index (χ3v) is 2.20. The quantitative estimate of drug-likeness (QED) is 0.288. The number of rotatable bonds is 4. The molecule has 0 bridgehead atoms. The van der Waals surface area contributed by atoms with Crippen LogP contribution in [0, 0.1) is 5.21 Å². The minimum atomic E-state index is -4.90. The van der Waals surface area contributed by atoms with Gasteiger partial charge in [-0.3, -0.25) is 9.35 Å². The van der Waals surface area contributed by atoms with Crippen LogP contribution in [0.15, 0.2) is 0 Å². The molecule has 1 amide bonds. The molecule has 0 heterocycles. The number of carboxylic acids is 1. The van der Waals surface area contributed by atoms with Crippen molar-refractivity contribution in [3.05, 3.63) is 5.21 Å². The first kappa shape index (κ1) is 21.1. The number of hydrogen-bond acceptors (Lipinski definition) is 6. The van der Waals surface area contributed by atoms with Gasteiger partial charge in [0.05, 0.1) is 0 Å². The summed E-state index contributed by atoms with van der Waals surface area (Å²) in [5.74, 6) is -3.52. The van der Waals surface area contributed by atoms with E-state index in [2.05, 4.69) is 0 Å². The van der Waals surface area contributed by atoms with Crippen molar-refractivity contribution in [2.75, 3.05) is 0 Å². The number of hydrogen-bond donors (Lipinski definition) is 2. The van der Waals surface area contributed by atoms with Gasteiger partial charge in [-0.25, -0.2) is 0 Å². The Balaban J connectivity index is -0.000000720. The molecule has 11 heteroatoms. The van der Waals surface area contributed by atoms with Crippen molar-refractivity contribution in [2.45, 2.75) is 11.7 Å². The van der Waals surface area contributed by atoms with Crippen molar-refractivity contribution in [1.82, 2.24) is 5.48 Å². The van der Waals surface area contributed by atoms with Gasteiger partial charge in [0, 0.05) is 12.4 Å². The molecule has 1 atom stereocenters. The number of nitrogens with one attached hydrogen (secondary N) is 1. The Morgan fingerprint density at radius 3 is 1.93 bits per heavy atom. The molecule has 0 aromatic rings. The van der Waals surface area contributed by atoms with Crippen LogP contribution in [0.5, 0.6) is 0 Å². The summed E-state index contributed by atoms with van der Waals surface area (Å²) in [6, 6.07) is 0. The van der Waals surface area contributed by atoms with E-state index >= 15 is 0 Å². The van der Waals surface area contributed by atoms with E-state index < -0.39 is 33.7 Å². The summed E-state index contributed by atoms with van der Waals surface area (Å²) in [7, 11) is -4.90. The molecule has 15 heavy (non-hydrogen) atoms. The zero-order chi connectivity index (χ0) is 10.6. The Hall–Kier alpha value is 0.810. The fraction of sp³-hybridized carbons (Fsp3) is 0.500. The van der Waals surface area contributed by atoms with Gasteiger partial charge in [-0.15, -0.1) is 0 Å². The Bertz CT molecular complexity index is 315. The predicted molar refractivity (Wildman–Crippen MR) is 36.5 cm³/mol. The molecule has 0 aromatic carbocycles. The summed E-state index contributed by atoms with van der Waals surface area (Å²) in [5.41, 5.74) is 0.658. The average Bonchev–Trinajstić information content (AvgIpc) is 1.96. The van der Waals surface area contributed by atoms with Gasteiger partial charge < -0.3 is 20.6 Å². The molecule has 76 valence electrons. The van der Waals surface area contributed by atoms with Gasteiger partial charge in [-0.1, -0.05) is 0 Å². The third kappa shape index (κ3) is 8.60. The number of carboxylic acid groups (broad SMARTS) is 1. The van der Waals surface area contributed by atoms with Crippen molar-refractivity contribution in [2.24, 2.45) is 0 Å². The molecule has 0 saturated carbocycles. The van der Waals surface area contributed by atoms with Crippen molar-refractivity contribution in [3.8, 4) is 0 Å². The maximum Gasteiger partial charge on any atom is 1.00 e. The number of carbonyl (C=O) groups is 2. The first-order valence-electron chi connectivity index (χ1n) is 2.87. The molecular weight excluding hydrogens is 252 g/mol. The molecule has 0 rings (SSSR count). The van der Waals surface area contributed by atoms with E-state index in [0.29, 0.717) is 5.48 Å². The molecule has 1 unspecified atom stereocenters. The van der Waals surface area contributed by atoms with Crippen LogP contribution in [-0.2, 0) is 19.7 Å². The van der Waals surface area contributed by atoms with Crippen LogP contribution in [-0.4, -0.2) is 30.1 Å². The van der Waals surface area contributed by atoms with Gasteiger partial charge in [-0.05, 0) is 0 Å². The van der Waals surface area contributed by atoms with Crippen LogP contribution in [0.3, 0.4) is 0 Å². The minimum absolute atomic E-state index is 0. The molecular formula is C4H5NNa2O7S. The first-order valence-corrected chi connectivity index (χ1v) is 4.37. The molecule has 0 spiro atoms. The molecule has 0 radical (unpaired) electrons. The van der Waals surface area contributed by atoms with E-state index in [-0.39, 0.29) is 59.1 Å². The van der Waals surface area contributed by atoms with E-state index in [9.17, 15) is 28.3 Å². The third-order valence-electron chi connectivity index (χ3n) is 1.10. The summed E-state index contributed by atoms with van der Waals surface area (Å²) in [5, 5.41) is 17.3. The maximum absolute atomic E-state index is 10.4. The van der Waals surface area contributed by atoms with Gasteiger partial charge >= 0.3 is 59.1 Å². The Morgan fingerprint density at radius 2 is 1.73 bits per heavy atom. The van der Waals surface area contributed by atoms with Crippen LogP contribution in [0.1, 0.15) is 6.42 Å². The normalized spacial score (nSPS) is 11.6. The SMILES string of the molecule is O=C([O-])CC(C(=O)N[O-])S(=O)(=O)O.[Na+].[Na+]. The second-order valence-electron chi connectivity index (χ2n) is 2.05. The molecule has 0 aromatic heterocycles. The van der Waals surface area contributed by atoms with Crippen molar-refractivity contribution in [1.29, 1.82) is 0 Å². The van der Waals surface area contributed by atoms with Crippen LogP contribution >= 0.6 is 0 Å². The molecule has 8 nitrogen and oxygen atoms in total. The fourth-order valence-corrected chi connectivity index (χ4v) is 1.22. The molecule has 2 N–H and O–H groups in total. The van der Waals surface area contributed by atoms with E-state index in [1.807, 2.05) is 0 Å². The molecule has 0 fully saturated rings. The molecule has 0 saturated heterocycles.